The van der Waals surface area contributed by atoms with Crippen molar-refractivity contribution in [3.05, 3.63) is 264 Å². The molecule has 0 bridgehead atoms. The summed E-state index contributed by atoms with van der Waals surface area (Å²) in [6, 6.07) is 81.4. The van der Waals surface area contributed by atoms with Gasteiger partial charge in [0.05, 0.1) is 0 Å². The fraction of sp³-hybridized carbons (Fsp3) is 0.0323. The van der Waals surface area contributed by atoms with Crippen LogP contribution in [-0.2, 0) is 0 Å². The summed E-state index contributed by atoms with van der Waals surface area (Å²) in [4.78, 5) is 20.9. The van der Waals surface area contributed by atoms with Crippen LogP contribution in [0.3, 0.4) is 0 Å². The van der Waals surface area contributed by atoms with Gasteiger partial charge >= 0.3 is 0 Å². The SMILES string of the molecule is c1ccc(C2=NC(c3ccc(-c4ccc(-c5cccc(C6=NC(c7cccc8ccccc78)NC(c7ccc8ccccc8c7)=N6)c5)c5c4sc4ccccc45)cc3)=NC(c3ccccc3)N2)cc1. The molecular weight excluding hydrogens is 861 g/mol. The Kier molecular flexibility index (Phi) is 10.1. The molecule has 0 spiro atoms. The summed E-state index contributed by atoms with van der Waals surface area (Å²) in [6.45, 7) is 0. The van der Waals surface area contributed by atoms with Crippen LogP contribution < -0.4 is 10.6 Å². The highest BCUT2D eigenvalue weighted by Gasteiger charge is 2.25. The molecule has 2 aliphatic heterocycles. The summed E-state index contributed by atoms with van der Waals surface area (Å²) in [7, 11) is 0. The fourth-order valence-corrected chi connectivity index (χ4v) is 11.0. The minimum absolute atomic E-state index is 0.260. The van der Waals surface area contributed by atoms with Crippen molar-refractivity contribution in [3.63, 3.8) is 0 Å². The van der Waals surface area contributed by atoms with Gasteiger partial charge in [0.15, 0.2) is 11.7 Å². The topological polar surface area (TPSA) is 73.5 Å². The third-order valence-electron chi connectivity index (χ3n) is 13.2. The van der Waals surface area contributed by atoms with Crippen LogP contribution in [0.25, 0.3) is 64.0 Å². The number of fused-ring (bicyclic) bond motifs is 5. The molecule has 0 saturated heterocycles. The molecule has 11 aromatic rings. The molecule has 0 aliphatic carbocycles. The lowest BCUT2D eigenvalue weighted by molar-refractivity contribution is 0.674. The van der Waals surface area contributed by atoms with Crippen LogP contribution in [0.1, 0.15) is 45.7 Å². The van der Waals surface area contributed by atoms with Crippen molar-refractivity contribution in [1.82, 2.24) is 10.6 Å². The lowest BCUT2D eigenvalue weighted by atomic mass is 9.93. The molecule has 10 aromatic carbocycles. The molecular formula is C62H42N6S. The minimum atomic E-state index is -0.350. The normalized spacial score (nSPS) is 15.8. The molecule has 326 valence electrons. The molecule has 6 nitrogen and oxygen atoms in total. The maximum Gasteiger partial charge on any atom is 0.159 e. The summed E-state index contributed by atoms with van der Waals surface area (Å²) in [5.74, 6) is 2.99. The second kappa shape index (κ2) is 17.1. The largest absolute Gasteiger partial charge is 0.344 e. The summed E-state index contributed by atoms with van der Waals surface area (Å²) in [6.07, 6.45) is -0.611. The van der Waals surface area contributed by atoms with E-state index in [2.05, 4.69) is 217 Å². The Bertz CT molecular complexity index is 3900. The van der Waals surface area contributed by atoms with Gasteiger partial charge in [0.1, 0.15) is 24.0 Å². The smallest absolute Gasteiger partial charge is 0.159 e. The van der Waals surface area contributed by atoms with Crippen LogP contribution in [0.4, 0.5) is 0 Å². The molecule has 2 atom stereocenters. The van der Waals surface area contributed by atoms with E-state index in [1.54, 1.807) is 0 Å². The number of benzene rings is 10. The maximum atomic E-state index is 5.38. The number of amidine groups is 4. The van der Waals surface area contributed by atoms with E-state index in [1.807, 2.05) is 35.6 Å². The second-order valence-electron chi connectivity index (χ2n) is 17.4. The van der Waals surface area contributed by atoms with E-state index >= 15 is 0 Å². The van der Waals surface area contributed by atoms with Gasteiger partial charge in [0.25, 0.3) is 0 Å². The Morgan fingerprint density at radius 3 is 1.78 bits per heavy atom. The van der Waals surface area contributed by atoms with Gasteiger partial charge in [-0.1, -0.05) is 212 Å². The third kappa shape index (κ3) is 7.55. The lowest BCUT2D eigenvalue weighted by Crippen LogP contribution is -2.33. The highest BCUT2D eigenvalue weighted by atomic mass is 32.1. The third-order valence-corrected chi connectivity index (χ3v) is 14.4. The molecule has 2 N–H and O–H groups in total. The molecule has 0 saturated carbocycles. The van der Waals surface area contributed by atoms with Crippen molar-refractivity contribution in [2.45, 2.75) is 12.3 Å². The van der Waals surface area contributed by atoms with Crippen molar-refractivity contribution < 1.29 is 0 Å². The number of hydrogen-bond acceptors (Lipinski definition) is 7. The Balaban J connectivity index is 0.896. The number of rotatable bonds is 8. The van der Waals surface area contributed by atoms with Gasteiger partial charge in [-0.15, -0.1) is 11.3 Å². The molecule has 69 heavy (non-hydrogen) atoms. The van der Waals surface area contributed by atoms with Gasteiger partial charge in [-0.25, -0.2) is 20.0 Å². The number of nitrogens with zero attached hydrogens (tertiary/aromatic N) is 4. The van der Waals surface area contributed by atoms with Crippen molar-refractivity contribution in [2.75, 3.05) is 0 Å². The summed E-state index contributed by atoms with van der Waals surface area (Å²) in [5, 5.41) is 14.5. The van der Waals surface area contributed by atoms with Gasteiger partial charge in [0, 0.05) is 48.0 Å². The van der Waals surface area contributed by atoms with E-state index in [-0.39, 0.29) is 12.3 Å². The molecule has 7 heteroatoms. The summed E-state index contributed by atoms with van der Waals surface area (Å²) in [5.41, 5.74) is 10.7. The van der Waals surface area contributed by atoms with Crippen molar-refractivity contribution in [1.29, 1.82) is 0 Å². The molecule has 3 heterocycles. The first-order valence-corrected chi connectivity index (χ1v) is 24.1. The van der Waals surface area contributed by atoms with E-state index in [1.165, 1.54) is 47.5 Å². The Morgan fingerprint density at radius 2 is 0.942 bits per heavy atom. The van der Waals surface area contributed by atoms with Crippen LogP contribution in [0, 0.1) is 0 Å². The van der Waals surface area contributed by atoms with Crippen molar-refractivity contribution >= 4 is 76.4 Å². The van der Waals surface area contributed by atoms with Crippen LogP contribution >= 0.6 is 11.3 Å². The summed E-state index contributed by atoms with van der Waals surface area (Å²) < 4.78 is 2.49. The van der Waals surface area contributed by atoms with E-state index in [0.29, 0.717) is 11.7 Å². The first-order valence-electron chi connectivity index (χ1n) is 23.3. The average Bonchev–Trinajstić information content (AvgIpc) is 3.83. The highest BCUT2D eigenvalue weighted by Crippen LogP contribution is 2.45. The zero-order valence-corrected chi connectivity index (χ0v) is 38.1. The maximum absolute atomic E-state index is 5.38. The molecule has 1 aromatic heterocycles. The zero-order valence-electron chi connectivity index (χ0n) is 37.3. The molecule has 2 aliphatic rings. The van der Waals surface area contributed by atoms with E-state index < -0.39 is 0 Å². The van der Waals surface area contributed by atoms with Crippen LogP contribution in [0.5, 0.6) is 0 Å². The molecule has 2 unspecified atom stereocenters. The van der Waals surface area contributed by atoms with Gasteiger partial charge in [0.2, 0.25) is 0 Å². The lowest BCUT2D eigenvalue weighted by Gasteiger charge is -2.25. The van der Waals surface area contributed by atoms with Crippen LogP contribution in [0.15, 0.2) is 250 Å². The Hall–Kier alpha value is -8.78. The molecule has 0 amide bonds. The number of hydrogen-bond donors (Lipinski definition) is 2. The molecule has 13 rings (SSSR count). The minimum Gasteiger partial charge on any atom is -0.344 e. The standard InChI is InChI=1S/C62H42N6S/c1-3-17-42(18-4-1)57-63-58(43-19-5-2-6-20-43)65-59(64-57)44-32-30-41(31-33-44)51-36-35-50(55-53-26-11-12-28-54(53)69-56(51)55)46-23-13-24-47(38-46)60-66-61(48-34-29-39-15-7-8-21-45(39)37-48)68-62(67-60)52-27-14-22-40-16-9-10-25-49(40)52/h1-38,57,62H,(H,63,64,65)(H,66,67,68). The molecule has 0 fully saturated rings. The van der Waals surface area contributed by atoms with Gasteiger partial charge in [-0.05, 0) is 67.6 Å². The first-order chi connectivity index (χ1) is 34.2. The van der Waals surface area contributed by atoms with Crippen LogP contribution in [0.2, 0.25) is 0 Å². The average molecular weight is 903 g/mol. The van der Waals surface area contributed by atoms with E-state index in [0.717, 1.165) is 61.6 Å². The number of thiophene rings is 1. The number of nitrogens with one attached hydrogen (secondary N) is 2. The first kappa shape index (κ1) is 40.5. The Labute approximate surface area is 403 Å². The monoisotopic (exact) mass is 902 g/mol. The van der Waals surface area contributed by atoms with Crippen molar-refractivity contribution in [3.8, 4) is 22.3 Å². The van der Waals surface area contributed by atoms with Crippen LogP contribution in [-0.4, -0.2) is 23.3 Å². The predicted octanol–water partition coefficient (Wildman–Crippen LogP) is 14.7. The second-order valence-corrected chi connectivity index (χ2v) is 18.5. The highest BCUT2D eigenvalue weighted by molar-refractivity contribution is 7.26. The van der Waals surface area contributed by atoms with Gasteiger partial charge in [-0.2, -0.15) is 0 Å². The summed E-state index contributed by atoms with van der Waals surface area (Å²) >= 11 is 1.84. The van der Waals surface area contributed by atoms with Gasteiger partial charge < -0.3 is 10.6 Å². The molecule has 0 radical (unpaired) electrons. The van der Waals surface area contributed by atoms with Crippen molar-refractivity contribution in [2.24, 2.45) is 20.0 Å². The Morgan fingerprint density at radius 1 is 0.362 bits per heavy atom. The zero-order chi connectivity index (χ0) is 45.7. The number of aliphatic imine (C=N–C) groups is 4. The fourth-order valence-electron chi connectivity index (χ4n) is 9.76. The van der Waals surface area contributed by atoms with Gasteiger partial charge in [-0.3, -0.25) is 0 Å². The quantitative estimate of drug-likeness (QED) is 0.159. The van der Waals surface area contributed by atoms with E-state index in [4.69, 9.17) is 20.0 Å². The predicted molar refractivity (Wildman–Crippen MR) is 289 cm³/mol. The van der Waals surface area contributed by atoms with E-state index in [9.17, 15) is 0 Å².